The highest BCUT2D eigenvalue weighted by Crippen LogP contribution is 2.19. The highest BCUT2D eigenvalue weighted by Gasteiger charge is 2.18. The van der Waals surface area contributed by atoms with Crippen molar-refractivity contribution in [3.05, 3.63) is 69.8 Å². The number of benzene rings is 1. The summed E-state index contributed by atoms with van der Waals surface area (Å²) in [5, 5.41) is 3.66. The molecular weight excluding hydrogens is 378 g/mol. The van der Waals surface area contributed by atoms with Crippen LogP contribution in [0.4, 0.5) is 5.69 Å². The smallest absolute Gasteiger partial charge is 0.269 e. The molecule has 0 bridgehead atoms. The molecule has 3 heterocycles. The van der Waals surface area contributed by atoms with E-state index in [-0.39, 0.29) is 11.5 Å². The first-order chi connectivity index (χ1) is 14.6. The summed E-state index contributed by atoms with van der Waals surface area (Å²) in [5.74, 6) is -0.172. The molecule has 2 aromatic heterocycles. The Morgan fingerprint density at radius 1 is 1.13 bits per heavy atom. The number of aromatic amines is 1. The lowest BCUT2D eigenvalue weighted by molar-refractivity contribution is 0.0958. The van der Waals surface area contributed by atoms with E-state index in [1.807, 2.05) is 19.1 Å². The number of piperazine rings is 1. The molecular formula is C23H27N5O2. The molecule has 2 N–H and O–H groups in total. The molecule has 0 atom stereocenters. The summed E-state index contributed by atoms with van der Waals surface area (Å²) in [5.41, 5.74) is 4.40. The summed E-state index contributed by atoms with van der Waals surface area (Å²) >= 11 is 0. The van der Waals surface area contributed by atoms with Gasteiger partial charge in [-0.15, -0.1) is 0 Å². The molecule has 1 saturated heterocycles. The number of carbonyl (C=O) groups is 1. The third-order valence-electron chi connectivity index (χ3n) is 5.72. The minimum absolute atomic E-state index is 0.00631. The predicted octanol–water partition coefficient (Wildman–Crippen LogP) is 2.17. The van der Waals surface area contributed by atoms with Crippen LogP contribution in [-0.4, -0.2) is 54.0 Å². The number of aryl methyl sites for hydroxylation is 1. The molecule has 0 radical (unpaired) electrons. The average Bonchev–Trinajstić information content (AvgIpc) is 2.78. The molecule has 3 aromatic rings. The van der Waals surface area contributed by atoms with Crippen molar-refractivity contribution in [3.8, 4) is 0 Å². The number of rotatable bonds is 5. The summed E-state index contributed by atoms with van der Waals surface area (Å²) in [6.07, 6.45) is 2.51. The fourth-order valence-electron chi connectivity index (χ4n) is 3.91. The van der Waals surface area contributed by atoms with Crippen molar-refractivity contribution in [2.24, 2.45) is 0 Å². The minimum atomic E-state index is -0.172. The Morgan fingerprint density at radius 3 is 2.60 bits per heavy atom. The third-order valence-corrected chi connectivity index (χ3v) is 5.72. The van der Waals surface area contributed by atoms with Gasteiger partial charge >= 0.3 is 0 Å². The van der Waals surface area contributed by atoms with E-state index in [1.54, 1.807) is 19.3 Å². The molecule has 30 heavy (non-hydrogen) atoms. The number of nitrogens with zero attached hydrogens (tertiary/aromatic N) is 3. The molecule has 1 fully saturated rings. The Hall–Kier alpha value is -3.19. The first-order valence-corrected chi connectivity index (χ1v) is 10.4. The number of hydrogen-bond acceptors (Lipinski definition) is 5. The van der Waals surface area contributed by atoms with Gasteiger partial charge in [0.1, 0.15) is 5.69 Å². The molecule has 1 aliphatic rings. The average molecular weight is 406 g/mol. The predicted molar refractivity (Wildman–Crippen MR) is 119 cm³/mol. The number of pyridine rings is 2. The minimum Gasteiger partial charge on any atom is -0.368 e. The van der Waals surface area contributed by atoms with Crippen LogP contribution in [0.5, 0.6) is 0 Å². The molecule has 0 spiro atoms. The first kappa shape index (κ1) is 20.1. The molecule has 7 nitrogen and oxygen atoms in total. The van der Waals surface area contributed by atoms with Crippen LogP contribution in [-0.2, 0) is 13.0 Å². The zero-order valence-electron chi connectivity index (χ0n) is 17.4. The van der Waals surface area contributed by atoms with Crippen molar-refractivity contribution >= 4 is 22.5 Å². The Labute approximate surface area is 175 Å². The fourth-order valence-corrected chi connectivity index (χ4v) is 3.91. The molecule has 156 valence electrons. The van der Waals surface area contributed by atoms with E-state index in [1.165, 1.54) is 5.56 Å². The molecule has 4 rings (SSSR count). The second-order valence-electron chi connectivity index (χ2n) is 7.64. The van der Waals surface area contributed by atoms with Gasteiger partial charge in [0.25, 0.3) is 11.5 Å². The van der Waals surface area contributed by atoms with Crippen LogP contribution in [0.1, 0.15) is 28.5 Å². The van der Waals surface area contributed by atoms with E-state index in [0.29, 0.717) is 5.69 Å². The van der Waals surface area contributed by atoms with Gasteiger partial charge in [0, 0.05) is 50.9 Å². The maximum atomic E-state index is 12.1. The molecule has 1 amide bonds. The van der Waals surface area contributed by atoms with Gasteiger partial charge in [-0.1, -0.05) is 19.1 Å². The van der Waals surface area contributed by atoms with Gasteiger partial charge in [0.05, 0.1) is 11.9 Å². The SMILES string of the molecule is CCc1cc2ccc(CN3CCN(c4ccc(C(=O)NC)nc4)CC3)cc2[nH]c1=O. The molecule has 1 aromatic carbocycles. The topological polar surface area (TPSA) is 81.3 Å². The standard InChI is InChI=1S/C23H27N5O2/c1-3-17-13-18-5-4-16(12-21(18)26-22(17)29)15-27-8-10-28(11-9-27)19-6-7-20(25-14-19)23(30)24-2/h4-7,12-14H,3,8-11,15H2,1-2H3,(H,24,30)(H,26,29). The van der Waals surface area contributed by atoms with Crippen molar-refractivity contribution in [1.29, 1.82) is 0 Å². The number of aromatic nitrogens is 2. The van der Waals surface area contributed by atoms with E-state index >= 15 is 0 Å². The van der Waals surface area contributed by atoms with Gasteiger partial charge in [0.2, 0.25) is 0 Å². The van der Waals surface area contributed by atoms with Crippen LogP contribution in [0.2, 0.25) is 0 Å². The van der Waals surface area contributed by atoms with Crippen molar-refractivity contribution < 1.29 is 4.79 Å². The van der Waals surface area contributed by atoms with E-state index in [4.69, 9.17) is 0 Å². The lowest BCUT2D eigenvalue weighted by Crippen LogP contribution is -2.46. The number of amides is 1. The summed E-state index contributed by atoms with van der Waals surface area (Å²) in [7, 11) is 1.60. The van der Waals surface area contributed by atoms with Crippen LogP contribution in [0.25, 0.3) is 10.9 Å². The number of nitrogens with one attached hydrogen (secondary N) is 2. The lowest BCUT2D eigenvalue weighted by Gasteiger charge is -2.36. The Morgan fingerprint density at radius 2 is 1.93 bits per heavy atom. The molecule has 1 aliphatic heterocycles. The second-order valence-corrected chi connectivity index (χ2v) is 7.64. The molecule has 0 saturated carbocycles. The van der Waals surface area contributed by atoms with Crippen LogP contribution in [0.3, 0.4) is 0 Å². The summed E-state index contributed by atoms with van der Waals surface area (Å²) < 4.78 is 0. The van der Waals surface area contributed by atoms with Crippen molar-refractivity contribution in [1.82, 2.24) is 20.2 Å². The zero-order valence-corrected chi connectivity index (χ0v) is 17.4. The molecule has 7 heteroatoms. The largest absolute Gasteiger partial charge is 0.368 e. The number of H-pyrrole nitrogens is 1. The van der Waals surface area contributed by atoms with Crippen molar-refractivity contribution in [2.45, 2.75) is 19.9 Å². The van der Waals surface area contributed by atoms with E-state index in [2.05, 4.69) is 43.3 Å². The van der Waals surface area contributed by atoms with E-state index in [9.17, 15) is 9.59 Å². The highest BCUT2D eigenvalue weighted by atomic mass is 16.1. The van der Waals surface area contributed by atoms with Gasteiger partial charge < -0.3 is 15.2 Å². The molecule has 0 unspecified atom stereocenters. The monoisotopic (exact) mass is 405 g/mol. The quantitative estimate of drug-likeness (QED) is 0.680. The van der Waals surface area contributed by atoms with Crippen molar-refractivity contribution in [3.63, 3.8) is 0 Å². The van der Waals surface area contributed by atoms with Crippen molar-refractivity contribution in [2.75, 3.05) is 38.1 Å². The van der Waals surface area contributed by atoms with Crippen LogP contribution >= 0.6 is 0 Å². The molecule has 0 aliphatic carbocycles. The van der Waals surface area contributed by atoms with Gasteiger partial charge in [0.15, 0.2) is 0 Å². The third kappa shape index (κ3) is 4.21. The van der Waals surface area contributed by atoms with Crippen LogP contribution < -0.4 is 15.8 Å². The van der Waals surface area contributed by atoms with Gasteiger partial charge in [-0.3, -0.25) is 14.5 Å². The number of anilines is 1. The Bertz CT molecular complexity index is 1100. The number of hydrogen-bond donors (Lipinski definition) is 2. The van der Waals surface area contributed by atoms with E-state index in [0.717, 1.165) is 61.3 Å². The zero-order chi connectivity index (χ0) is 21.1. The number of fused-ring (bicyclic) bond motifs is 1. The maximum absolute atomic E-state index is 12.1. The highest BCUT2D eigenvalue weighted by molar-refractivity contribution is 5.92. The van der Waals surface area contributed by atoms with E-state index < -0.39 is 0 Å². The second kappa shape index (κ2) is 8.67. The first-order valence-electron chi connectivity index (χ1n) is 10.4. The summed E-state index contributed by atoms with van der Waals surface area (Å²) in [4.78, 5) is 35.7. The lowest BCUT2D eigenvalue weighted by atomic mass is 10.1. The van der Waals surface area contributed by atoms with Crippen LogP contribution in [0.15, 0.2) is 47.4 Å². The summed E-state index contributed by atoms with van der Waals surface area (Å²) in [6, 6.07) is 12.0. The summed E-state index contributed by atoms with van der Waals surface area (Å²) in [6.45, 7) is 6.56. The van der Waals surface area contributed by atoms with Gasteiger partial charge in [-0.2, -0.15) is 0 Å². The fraction of sp³-hybridized carbons (Fsp3) is 0.348. The Balaban J connectivity index is 1.38. The number of carbonyl (C=O) groups excluding carboxylic acids is 1. The van der Waals surface area contributed by atoms with Crippen LogP contribution in [0, 0.1) is 0 Å². The van der Waals surface area contributed by atoms with Gasteiger partial charge in [-0.05, 0) is 41.6 Å². The Kier molecular flexibility index (Phi) is 5.81. The van der Waals surface area contributed by atoms with Gasteiger partial charge in [-0.25, -0.2) is 4.98 Å². The maximum Gasteiger partial charge on any atom is 0.269 e. The normalized spacial score (nSPS) is 14.8.